The summed E-state index contributed by atoms with van der Waals surface area (Å²) < 4.78 is 97.8. The van der Waals surface area contributed by atoms with Crippen LogP contribution >= 0.6 is 0 Å². The van der Waals surface area contributed by atoms with Crippen molar-refractivity contribution >= 4 is 0 Å². The van der Waals surface area contributed by atoms with E-state index >= 15 is 0 Å². The Morgan fingerprint density at radius 3 is 1.67 bits per heavy atom. The molecular weight excluding hydrogens is 240 g/mol. The molecular formula is C6H6F8O. The summed E-state index contributed by atoms with van der Waals surface area (Å²) in [6, 6.07) is 0. The first-order valence-electron chi connectivity index (χ1n) is 3.46. The number of hydrogen-bond donors (Lipinski definition) is 0. The highest BCUT2D eigenvalue weighted by Gasteiger charge is 2.57. The molecule has 0 amide bonds. The summed E-state index contributed by atoms with van der Waals surface area (Å²) in [5.74, 6) is -5.04. The highest BCUT2D eigenvalue weighted by molar-refractivity contribution is 4.82. The Morgan fingerprint density at radius 2 is 1.40 bits per heavy atom. The van der Waals surface area contributed by atoms with E-state index in [0.717, 1.165) is 0 Å². The van der Waals surface area contributed by atoms with E-state index in [2.05, 4.69) is 4.74 Å². The van der Waals surface area contributed by atoms with E-state index in [4.69, 9.17) is 0 Å². The van der Waals surface area contributed by atoms with Crippen molar-refractivity contribution in [1.29, 1.82) is 0 Å². The molecule has 0 heterocycles. The van der Waals surface area contributed by atoms with Crippen LogP contribution in [-0.2, 0) is 4.74 Å². The molecule has 0 radical (unpaired) electrons. The Hall–Kier alpha value is -0.600. The Kier molecular flexibility index (Phi) is 3.94. The van der Waals surface area contributed by atoms with Crippen molar-refractivity contribution in [1.82, 2.24) is 0 Å². The third-order valence-corrected chi connectivity index (χ3v) is 1.18. The van der Waals surface area contributed by atoms with Gasteiger partial charge in [0.2, 0.25) is 0 Å². The molecule has 0 saturated carbocycles. The maximum absolute atomic E-state index is 12.3. The van der Waals surface area contributed by atoms with Crippen LogP contribution in [0, 0.1) is 0 Å². The first-order valence-corrected chi connectivity index (χ1v) is 3.46. The number of rotatable bonds is 4. The summed E-state index contributed by atoms with van der Waals surface area (Å²) in [6.45, 7) is -2.30. The van der Waals surface area contributed by atoms with Crippen LogP contribution in [0.5, 0.6) is 0 Å². The minimum Gasteiger partial charge on any atom is -0.314 e. The van der Waals surface area contributed by atoms with Gasteiger partial charge in [0.25, 0.3) is 6.17 Å². The Labute approximate surface area is 79.0 Å². The van der Waals surface area contributed by atoms with Gasteiger partial charge in [-0.3, -0.25) is 0 Å². The monoisotopic (exact) mass is 246 g/mol. The van der Waals surface area contributed by atoms with Crippen LogP contribution in [0.25, 0.3) is 0 Å². The molecule has 0 aliphatic rings. The van der Waals surface area contributed by atoms with Crippen molar-refractivity contribution in [2.75, 3.05) is 6.61 Å². The molecule has 0 aliphatic heterocycles. The fourth-order valence-corrected chi connectivity index (χ4v) is 0.536. The van der Waals surface area contributed by atoms with Gasteiger partial charge in [-0.1, -0.05) is 0 Å². The van der Waals surface area contributed by atoms with E-state index in [1.54, 1.807) is 0 Å². The van der Waals surface area contributed by atoms with Crippen LogP contribution < -0.4 is 0 Å². The van der Waals surface area contributed by atoms with Gasteiger partial charge in [-0.25, -0.2) is 13.2 Å². The summed E-state index contributed by atoms with van der Waals surface area (Å²) >= 11 is 0. The van der Waals surface area contributed by atoms with Crippen LogP contribution in [0.4, 0.5) is 35.1 Å². The van der Waals surface area contributed by atoms with E-state index in [-0.39, 0.29) is 6.92 Å². The number of alkyl halides is 8. The van der Waals surface area contributed by atoms with Crippen LogP contribution in [0.1, 0.15) is 6.92 Å². The van der Waals surface area contributed by atoms with Gasteiger partial charge < -0.3 is 4.74 Å². The fraction of sp³-hybridized carbons (Fsp3) is 1.00. The predicted molar refractivity (Wildman–Crippen MR) is 32.5 cm³/mol. The summed E-state index contributed by atoms with van der Waals surface area (Å²) in [4.78, 5) is 0. The van der Waals surface area contributed by atoms with Crippen LogP contribution in [0.2, 0.25) is 0 Å². The molecule has 1 unspecified atom stereocenters. The highest BCUT2D eigenvalue weighted by Crippen LogP contribution is 2.35. The largest absolute Gasteiger partial charge is 0.425 e. The van der Waals surface area contributed by atoms with Crippen LogP contribution in [0.15, 0.2) is 0 Å². The SMILES string of the molecule is CC(F)(F)OCC(F)(F)C(F)C(F)(F)F. The van der Waals surface area contributed by atoms with E-state index in [1.807, 2.05) is 0 Å². The Balaban J connectivity index is 4.43. The molecule has 0 aromatic rings. The Morgan fingerprint density at radius 1 is 1.00 bits per heavy atom. The lowest BCUT2D eigenvalue weighted by Gasteiger charge is -2.23. The lowest BCUT2D eigenvalue weighted by Crippen LogP contribution is -2.45. The smallest absolute Gasteiger partial charge is 0.314 e. The van der Waals surface area contributed by atoms with Gasteiger partial charge in [-0.15, -0.1) is 0 Å². The number of hydrogen-bond acceptors (Lipinski definition) is 1. The topological polar surface area (TPSA) is 9.23 Å². The molecule has 1 nitrogen and oxygen atoms in total. The van der Waals surface area contributed by atoms with Gasteiger partial charge in [-0.2, -0.15) is 22.0 Å². The lowest BCUT2D eigenvalue weighted by molar-refractivity contribution is -0.294. The van der Waals surface area contributed by atoms with Crippen molar-refractivity contribution < 1.29 is 39.9 Å². The summed E-state index contributed by atoms with van der Waals surface area (Å²) in [5, 5.41) is 0. The maximum Gasteiger partial charge on any atom is 0.425 e. The average Bonchev–Trinajstić information content (AvgIpc) is 1.97. The number of halogens is 8. The summed E-state index contributed by atoms with van der Waals surface area (Å²) in [5.41, 5.74) is 0. The third-order valence-electron chi connectivity index (χ3n) is 1.18. The molecule has 0 spiro atoms. The number of ether oxygens (including phenoxy) is 1. The predicted octanol–water partition coefficient (Wildman–Crippen LogP) is 3.15. The van der Waals surface area contributed by atoms with Gasteiger partial charge in [0.05, 0.1) is 0 Å². The first kappa shape index (κ1) is 14.4. The second-order valence-corrected chi connectivity index (χ2v) is 2.76. The minimum absolute atomic E-state index is 0.0455. The molecule has 92 valence electrons. The first-order chi connectivity index (χ1) is 6.36. The molecule has 0 aliphatic carbocycles. The normalized spacial score (nSPS) is 16.6. The maximum atomic E-state index is 12.3. The van der Waals surface area contributed by atoms with E-state index in [0.29, 0.717) is 0 Å². The van der Waals surface area contributed by atoms with Crippen molar-refractivity contribution in [3.63, 3.8) is 0 Å². The Bertz CT molecular complexity index is 204. The molecule has 0 bridgehead atoms. The highest BCUT2D eigenvalue weighted by atomic mass is 19.4. The summed E-state index contributed by atoms with van der Waals surface area (Å²) in [7, 11) is 0. The van der Waals surface area contributed by atoms with E-state index in [1.165, 1.54) is 0 Å². The average molecular weight is 246 g/mol. The second-order valence-electron chi connectivity index (χ2n) is 2.76. The quantitative estimate of drug-likeness (QED) is 0.692. The standard InChI is InChI=1S/C6H6F8O/c1-4(8,9)15-2-5(10,11)3(7)6(12,13)14/h3H,2H2,1H3. The van der Waals surface area contributed by atoms with E-state index < -0.39 is 31.0 Å². The lowest BCUT2D eigenvalue weighted by atomic mass is 10.2. The van der Waals surface area contributed by atoms with Crippen LogP contribution in [0.3, 0.4) is 0 Å². The molecule has 0 aromatic carbocycles. The van der Waals surface area contributed by atoms with Gasteiger partial charge in [0.1, 0.15) is 6.61 Å². The second kappa shape index (κ2) is 4.11. The van der Waals surface area contributed by atoms with Crippen molar-refractivity contribution in [2.24, 2.45) is 0 Å². The van der Waals surface area contributed by atoms with Crippen LogP contribution in [-0.4, -0.2) is 31.0 Å². The zero-order valence-electron chi connectivity index (χ0n) is 7.22. The van der Waals surface area contributed by atoms with Crippen molar-refractivity contribution in [2.45, 2.75) is 31.3 Å². The third kappa shape index (κ3) is 5.14. The molecule has 0 aromatic heterocycles. The summed E-state index contributed by atoms with van der Waals surface area (Å²) in [6.07, 6.45) is -14.4. The van der Waals surface area contributed by atoms with Crippen molar-refractivity contribution in [3.8, 4) is 0 Å². The molecule has 9 heteroatoms. The van der Waals surface area contributed by atoms with Gasteiger partial charge >= 0.3 is 18.2 Å². The van der Waals surface area contributed by atoms with E-state index in [9.17, 15) is 35.1 Å². The molecule has 1 atom stereocenters. The molecule has 0 rings (SSSR count). The molecule has 15 heavy (non-hydrogen) atoms. The zero-order chi connectivity index (χ0) is 12.5. The fourth-order valence-electron chi connectivity index (χ4n) is 0.536. The van der Waals surface area contributed by atoms with Crippen molar-refractivity contribution in [3.05, 3.63) is 0 Å². The molecule has 0 saturated heterocycles. The zero-order valence-corrected chi connectivity index (χ0v) is 7.22. The van der Waals surface area contributed by atoms with Gasteiger partial charge in [0, 0.05) is 6.92 Å². The van der Waals surface area contributed by atoms with Gasteiger partial charge in [0.15, 0.2) is 0 Å². The molecule has 0 fully saturated rings. The minimum atomic E-state index is -5.82. The van der Waals surface area contributed by atoms with Gasteiger partial charge in [-0.05, 0) is 0 Å². The molecule has 0 N–H and O–H groups in total.